The lowest BCUT2D eigenvalue weighted by Crippen LogP contribution is -2.14. The lowest BCUT2D eigenvalue weighted by Gasteiger charge is -2.12. The van der Waals surface area contributed by atoms with Crippen molar-refractivity contribution in [2.75, 3.05) is 6.61 Å². The topological polar surface area (TPSA) is 111 Å². The third kappa shape index (κ3) is 5.43. The first kappa shape index (κ1) is 20.1. The summed E-state index contributed by atoms with van der Waals surface area (Å²) in [6, 6.07) is 16.5. The lowest BCUT2D eigenvalue weighted by atomic mass is 10.0. The smallest absolute Gasteiger partial charge is 0.404 e. The summed E-state index contributed by atoms with van der Waals surface area (Å²) in [6.45, 7) is 1.93. The molecule has 146 valence electrons. The Kier molecular flexibility index (Phi) is 6.27. The number of aromatic nitrogens is 2. The van der Waals surface area contributed by atoms with Gasteiger partial charge >= 0.3 is 6.09 Å². The van der Waals surface area contributed by atoms with Crippen LogP contribution in [0.15, 0.2) is 48.5 Å². The summed E-state index contributed by atoms with van der Waals surface area (Å²) >= 11 is 5.99. The number of benzene rings is 2. The zero-order chi connectivity index (χ0) is 20.8. The number of primary amides is 1. The third-order valence-corrected chi connectivity index (χ3v) is 4.20. The molecular weight excluding hydrogens is 392 g/mol. The van der Waals surface area contributed by atoms with Gasteiger partial charge in [0.05, 0.1) is 18.2 Å². The molecule has 0 saturated carbocycles. The molecule has 1 heterocycles. The predicted octanol–water partition coefficient (Wildman–Crippen LogP) is 4.41. The Balaban J connectivity index is 1.89. The molecule has 29 heavy (non-hydrogen) atoms. The summed E-state index contributed by atoms with van der Waals surface area (Å²) in [5.74, 6) is 1.25. The molecule has 0 bridgehead atoms. The zero-order valence-corrected chi connectivity index (χ0v) is 16.3. The predicted molar refractivity (Wildman–Crippen MR) is 108 cm³/mol. The molecule has 0 atom stereocenters. The zero-order valence-electron chi connectivity index (χ0n) is 15.6. The third-order valence-electron chi connectivity index (χ3n) is 4.01. The SMILES string of the molecule is Cc1nc(Cl)cc(Oc2cc(C#N)ccc2-c2ccc(CCOC(N)=O)cc2)n1. The van der Waals surface area contributed by atoms with Crippen molar-refractivity contribution in [2.24, 2.45) is 5.73 Å². The summed E-state index contributed by atoms with van der Waals surface area (Å²) in [4.78, 5) is 18.9. The van der Waals surface area contributed by atoms with Crippen LogP contribution in [0.3, 0.4) is 0 Å². The molecule has 1 amide bonds. The van der Waals surface area contributed by atoms with E-state index in [0.717, 1.165) is 16.7 Å². The number of rotatable bonds is 6. The minimum absolute atomic E-state index is 0.216. The minimum Gasteiger partial charge on any atom is -0.449 e. The summed E-state index contributed by atoms with van der Waals surface area (Å²) < 4.78 is 10.7. The van der Waals surface area contributed by atoms with Gasteiger partial charge in [0.25, 0.3) is 0 Å². The van der Waals surface area contributed by atoms with Gasteiger partial charge in [-0.05, 0) is 36.2 Å². The van der Waals surface area contributed by atoms with E-state index in [2.05, 4.69) is 16.0 Å². The summed E-state index contributed by atoms with van der Waals surface area (Å²) in [5.41, 5.74) is 8.09. The minimum atomic E-state index is -0.791. The molecule has 0 unspecified atom stereocenters. The fourth-order valence-electron chi connectivity index (χ4n) is 2.71. The molecule has 0 aliphatic heterocycles. The van der Waals surface area contributed by atoms with E-state index in [1.807, 2.05) is 30.3 Å². The van der Waals surface area contributed by atoms with E-state index in [9.17, 15) is 10.1 Å². The number of halogens is 1. The Hall–Kier alpha value is -3.63. The normalized spacial score (nSPS) is 10.2. The van der Waals surface area contributed by atoms with E-state index in [1.54, 1.807) is 19.1 Å². The Morgan fingerprint density at radius 3 is 2.59 bits per heavy atom. The molecular formula is C21H17ClN4O3. The quantitative estimate of drug-likeness (QED) is 0.605. The van der Waals surface area contributed by atoms with Crippen LogP contribution in [-0.2, 0) is 11.2 Å². The van der Waals surface area contributed by atoms with Gasteiger partial charge in [-0.2, -0.15) is 10.2 Å². The number of nitrogens with two attached hydrogens (primary N) is 1. The molecule has 8 heteroatoms. The van der Waals surface area contributed by atoms with Crippen LogP contribution in [0.25, 0.3) is 11.1 Å². The molecule has 3 rings (SSSR count). The Labute approximate surface area is 172 Å². The number of hydrogen-bond acceptors (Lipinski definition) is 6. The van der Waals surface area contributed by atoms with Crippen molar-refractivity contribution in [1.29, 1.82) is 5.26 Å². The largest absolute Gasteiger partial charge is 0.449 e. The first-order valence-electron chi connectivity index (χ1n) is 8.69. The molecule has 0 saturated heterocycles. The van der Waals surface area contributed by atoms with E-state index in [0.29, 0.717) is 29.4 Å². The highest BCUT2D eigenvalue weighted by Crippen LogP contribution is 2.34. The average Bonchev–Trinajstić information content (AvgIpc) is 2.67. The number of amides is 1. The number of carbonyl (C=O) groups is 1. The van der Waals surface area contributed by atoms with Gasteiger partial charge in [-0.3, -0.25) is 0 Å². The molecule has 7 nitrogen and oxygen atoms in total. The number of nitriles is 1. The van der Waals surface area contributed by atoms with Crippen molar-refractivity contribution in [3.8, 4) is 28.8 Å². The van der Waals surface area contributed by atoms with Crippen LogP contribution >= 0.6 is 11.6 Å². The van der Waals surface area contributed by atoms with E-state index in [4.69, 9.17) is 26.8 Å². The summed E-state index contributed by atoms with van der Waals surface area (Å²) in [7, 11) is 0. The molecule has 0 fully saturated rings. The number of nitrogens with zero attached hydrogens (tertiary/aromatic N) is 3. The van der Waals surface area contributed by atoms with E-state index >= 15 is 0 Å². The maximum absolute atomic E-state index is 10.7. The van der Waals surface area contributed by atoms with Crippen molar-refractivity contribution >= 4 is 17.7 Å². The number of aryl methyl sites for hydroxylation is 1. The van der Waals surface area contributed by atoms with Crippen molar-refractivity contribution in [1.82, 2.24) is 9.97 Å². The van der Waals surface area contributed by atoms with Gasteiger partial charge in [-0.15, -0.1) is 0 Å². The molecule has 2 aromatic carbocycles. The number of hydrogen-bond donors (Lipinski definition) is 1. The first-order valence-corrected chi connectivity index (χ1v) is 9.07. The number of carbonyl (C=O) groups excluding carboxylic acids is 1. The fourth-order valence-corrected chi connectivity index (χ4v) is 2.92. The fraction of sp³-hybridized carbons (Fsp3) is 0.143. The maximum atomic E-state index is 10.7. The Morgan fingerprint density at radius 2 is 1.93 bits per heavy atom. The van der Waals surface area contributed by atoms with Gasteiger partial charge in [-0.25, -0.2) is 9.78 Å². The van der Waals surface area contributed by atoms with Gasteiger partial charge in [-0.1, -0.05) is 35.9 Å². The van der Waals surface area contributed by atoms with Crippen LogP contribution in [0.1, 0.15) is 17.0 Å². The molecule has 0 aliphatic rings. The van der Waals surface area contributed by atoms with E-state index in [-0.39, 0.29) is 11.8 Å². The Bertz CT molecular complexity index is 1060. The highest BCUT2D eigenvalue weighted by molar-refractivity contribution is 6.29. The second kappa shape index (κ2) is 9.04. The van der Waals surface area contributed by atoms with Gasteiger partial charge in [0.2, 0.25) is 5.88 Å². The molecule has 3 aromatic rings. The van der Waals surface area contributed by atoms with Crippen molar-refractivity contribution in [2.45, 2.75) is 13.3 Å². The van der Waals surface area contributed by atoms with Gasteiger partial charge < -0.3 is 15.2 Å². The van der Waals surface area contributed by atoms with Crippen LogP contribution in [0.4, 0.5) is 4.79 Å². The van der Waals surface area contributed by atoms with Gasteiger partial charge in [0.1, 0.15) is 16.7 Å². The van der Waals surface area contributed by atoms with E-state index in [1.165, 1.54) is 6.07 Å². The first-order chi connectivity index (χ1) is 13.9. The molecule has 1 aromatic heterocycles. The van der Waals surface area contributed by atoms with Crippen LogP contribution in [0, 0.1) is 18.3 Å². The van der Waals surface area contributed by atoms with Crippen molar-refractivity contribution in [3.63, 3.8) is 0 Å². The van der Waals surface area contributed by atoms with Crippen LogP contribution in [0.2, 0.25) is 5.15 Å². The van der Waals surface area contributed by atoms with Crippen LogP contribution in [-0.4, -0.2) is 22.7 Å². The molecule has 2 N–H and O–H groups in total. The van der Waals surface area contributed by atoms with Crippen LogP contribution < -0.4 is 10.5 Å². The van der Waals surface area contributed by atoms with Gasteiger partial charge in [0.15, 0.2) is 0 Å². The second-order valence-electron chi connectivity index (χ2n) is 6.12. The monoisotopic (exact) mass is 408 g/mol. The molecule has 0 spiro atoms. The Morgan fingerprint density at radius 1 is 1.17 bits per heavy atom. The molecule has 0 radical (unpaired) electrons. The maximum Gasteiger partial charge on any atom is 0.404 e. The number of ether oxygens (including phenoxy) is 2. The molecule has 0 aliphatic carbocycles. The lowest BCUT2D eigenvalue weighted by molar-refractivity contribution is 0.158. The standard InChI is InChI=1S/C21H17ClN4O3/c1-13-25-19(22)11-20(26-13)29-18-10-15(12-23)4-7-17(18)16-5-2-14(3-6-16)8-9-28-21(24)27/h2-7,10-11H,8-9H2,1H3,(H2,24,27). The summed E-state index contributed by atoms with van der Waals surface area (Å²) in [5, 5.41) is 9.51. The van der Waals surface area contributed by atoms with Crippen LogP contribution in [0.5, 0.6) is 11.6 Å². The highest BCUT2D eigenvalue weighted by Gasteiger charge is 2.11. The summed E-state index contributed by atoms with van der Waals surface area (Å²) in [6.07, 6.45) is -0.236. The second-order valence-corrected chi connectivity index (χ2v) is 6.50. The average molecular weight is 409 g/mol. The van der Waals surface area contributed by atoms with Crippen molar-refractivity contribution < 1.29 is 14.3 Å². The van der Waals surface area contributed by atoms with Gasteiger partial charge in [0, 0.05) is 18.1 Å². The highest BCUT2D eigenvalue weighted by atomic mass is 35.5. The van der Waals surface area contributed by atoms with Crippen molar-refractivity contribution in [3.05, 3.63) is 70.6 Å². The van der Waals surface area contributed by atoms with E-state index < -0.39 is 6.09 Å².